The summed E-state index contributed by atoms with van der Waals surface area (Å²) >= 11 is 11.6. The molecule has 1 heterocycles. The first kappa shape index (κ1) is 10.5. The highest BCUT2D eigenvalue weighted by molar-refractivity contribution is 6.42. The van der Waals surface area contributed by atoms with Crippen molar-refractivity contribution in [1.29, 1.82) is 0 Å². The van der Waals surface area contributed by atoms with Crippen LogP contribution in [0.15, 0.2) is 23.2 Å². The second kappa shape index (κ2) is 4.21. The molecule has 0 aliphatic carbocycles. The van der Waals surface area contributed by atoms with Gasteiger partial charge in [-0.15, -0.1) is 0 Å². The smallest absolute Gasteiger partial charge is 0.226 e. The number of aliphatic imine (C=N–C) groups is 1. The lowest BCUT2D eigenvalue weighted by atomic mass is 10.3. The Hall–Kier alpha value is -1.06. The van der Waals surface area contributed by atoms with E-state index in [-0.39, 0.29) is 5.91 Å². The third-order valence-electron chi connectivity index (χ3n) is 2.04. The van der Waals surface area contributed by atoms with Crippen LogP contribution in [0.25, 0.3) is 0 Å². The molecule has 0 aromatic heterocycles. The van der Waals surface area contributed by atoms with Crippen molar-refractivity contribution in [2.45, 2.75) is 6.42 Å². The van der Waals surface area contributed by atoms with Crippen molar-refractivity contribution in [1.82, 2.24) is 5.32 Å². The molecule has 0 bridgehead atoms. The number of hydrogen-bond acceptors (Lipinski definition) is 2. The Morgan fingerprint density at radius 1 is 1.27 bits per heavy atom. The average molecular weight is 243 g/mol. The van der Waals surface area contributed by atoms with Gasteiger partial charge in [0.2, 0.25) is 5.91 Å². The molecule has 1 aliphatic heterocycles. The van der Waals surface area contributed by atoms with Gasteiger partial charge in [0.05, 0.1) is 28.7 Å². The Morgan fingerprint density at radius 3 is 2.67 bits per heavy atom. The SMILES string of the molecule is O=C1CC(=Nc2ccc(Cl)c(Cl)c2)CN1. The van der Waals surface area contributed by atoms with Crippen LogP contribution >= 0.6 is 23.2 Å². The molecule has 0 saturated carbocycles. The summed E-state index contributed by atoms with van der Waals surface area (Å²) in [5, 5.41) is 3.66. The number of carbonyl (C=O) groups excluding carboxylic acids is 1. The lowest BCUT2D eigenvalue weighted by Crippen LogP contribution is -2.13. The fourth-order valence-corrected chi connectivity index (χ4v) is 1.62. The van der Waals surface area contributed by atoms with Crippen molar-refractivity contribution in [2.75, 3.05) is 6.54 Å². The second-order valence-corrected chi connectivity index (χ2v) is 4.04. The number of benzene rings is 1. The molecular formula is C10H8Cl2N2O. The van der Waals surface area contributed by atoms with Gasteiger partial charge >= 0.3 is 0 Å². The Balaban J connectivity index is 2.24. The molecule has 1 saturated heterocycles. The summed E-state index contributed by atoms with van der Waals surface area (Å²) in [5.74, 6) is 0.00816. The van der Waals surface area contributed by atoms with Gasteiger partial charge in [-0.1, -0.05) is 23.2 Å². The van der Waals surface area contributed by atoms with Gasteiger partial charge in [-0.2, -0.15) is 0 Å². The first-order valence-corrected chi connectivity index (χ1v) is 5.19. The monoisotopic (exact) mass is 242 g/mol. The third-order valence-corrected chi connectivity index (χ3v) is 2.78. The van der Waals surface area contributed by atoms with Crippen LogP contribution < -0.4 is 5.32 Å². The molecule has 5 heteroatoms. The van der Waals surface area contributed by atoms with Gasteiger partial charge in [-0.25, -0.2) is 0 Å². The highest BCUT2D eigenvalue weighted by atomic mass is 35.5. The standard InChI is InChI=1S/C10H8Cl2N2O/c11-8-2-1-6(3-9(8)12)14-7-4-10(15)13-5-7/h1-3H,4-5H2,(H,13,15). The van der Waals surface area contributed by atoms with Gasteiger partial charge in [0.15, 0.2) is 0 Å². The minimum absolute atomic E-state index is 0.00816. The predicted molar refractivity (Wildman–Crippen MR) is 61.2 cm³/mol. The molecular weight excluding hydrogens is 235 g/mol. The highest BCUT2D eigenvalue weighted by Gasteiger charge is 2.15. The van der Waals surface area contributed by atoms with E-state index in [0.29, 0.717) is 23.0 Å². The van der Waals surface area contributed by atoms with Crippen LogP contribution in [0, 0.1) is 0 Å². The Labute approximate surface area is 97.1 Å². The number of nitrogens with one attached hydrogen (secondary N) is 1. The maximum Gasteiger partial charge on any atom is 0.226 e. The lowest BCUT2D eigenvalue weighted by molar-refractivity contribution is -0.118. The molecule has 15 heavy (non-hydrogen) atoms. The molecule has 0 unspecified atom stereocenters. The van der Waals surface area contributed by atoms with Crippen molar-refractivity contribution < 1.29 is 4.79 Å². The van der Waals surface area contributed by atoms with Crippen molar-refractivity contribution in [3.63, 3.8) is 0 Å². The summed E-state index contributed by atoms with van der Waals surface area (Å²) in [7, 11) is 0. The molecule has 0 spiro atoms. The van der Waals surface area contributed by atoms with E-state index in [9.17, 15) is 4.79 Å². The quantitative estimate of drug-likeness (QED) is 0.809. The Kier molecular flexibility index (Phi) is 2.93. The van der Waals surface area contributed by atoms with E-state index in [2.05, 4.69) is 10.3 Å². The molecule has 1 aromatic rings. The summed E-state index contributed by atoms with van der Waals surface area (Å²) in [6.07, 6.45) is 0.361. The summed E-state index contributed by atoms with van der Waals surface area (Å²) in [4.78, 5) is 15.2. The summed E-state index contributed by atoms with van der Waals surface area (Å²) in [5.41, 5.74) is 1.54. The Morgan fingerprint density at radius 2 is 2.07 bits per heavy atom. The topological polar surface area (TPSA) is 41.5 Å². The van der Waals surface area contributed by atoms with Crippen molar-refractivity contribution in [3.8, 4) is 0 Å². The van der Waals surface area contributed by atoms with E-state index in [1.165, 1.54) is 0 Å². The summed E-state index contributed by atoms with van der Waals surface area (Å²) in [6, 6.07) is 5.14. The summed E-state index contributed by atoms with van der Waals surface area (Å²) in [6.45, 7) is 0.513. The van der Waals surface area contributed by atoms with Gasteiger partial charge < -0.3 is 5.32 Å². The normalized spacial score (nSPS) is 18.3. The van der Waals surface area contributed by atoms with Crippen molar-refractivity contribution in [3.05, 3.63) is 28.2 Å². The molecule has 3 nitrogen and oxygen atoms in total. The fourth-order valence-electron chi connectivity index (χ4n) is 1.33. The van der Waals surface area contributed by atoms with Gasteiger partial charge in [0, 0.05) is 5.71 Å². The number of nitrogens with zero attached hydrogens (tertiary/aromatic N) is 1. The first-order chi connectivity index (χ1) is 7.15. The van der Waals surface area contributed by atoms with Gasteiger partial charge in [0.1, 0.15) is 0 Å². The zero-order chi connectivity index (χ0) is 10.8. The van der Waals surface area contributed by atoms with Crippen LogP contribution in [-0.2, 0) is 4.79 Å². The molecule has 2 rings (SSSR count). The minimum Gasteiger partial charge on any atom is -0.350 e. The van der Waals surface area contributed by atoms with Crippen LogP contribution in [0.2, 0.25) is 10.0 Å². The van der Waals surface area contributed by atoms with E-state index >= 15 is 0 Å². The van der Waals surface area contributed by atoms with Gasteiger partial charge in [-0.05, 0) is 18.2 Å². The molecule has 0 radical (unpaired) electrons. The van der Waals surface area contributed by atoms with E-state index in [1.807, 2.05) is 0 Å². The van der Waals surface area contributed by atoms with E-state index in [1.54, 1.807) is 18.2 Å². The predicted octanol–water partition coefficient (Wildman–Crippen LogP) is 2.59. The van der Waals surface area contributed by atoms with E-state index < -0.39 is 0 Å². The average Bonchev–Trinajstić information content (AvgIpc) is 2.58. The van der Waals surface area contributed by atoms with Crippen LogP contribution in [0.1, 0.15) is 6.42 Å². The molecule has 78 valence electrons. The van der Waals surface area contributed by atoms with Gasteiger partial charge in [-0.3, -0.25) is 9.79 Å². The molecule has 1 fully saturated rings. The highest BCUT2D eigenvalue weighted by Crippen LogP contribution is 2.26. The third kappa shape index (κ3) is 2.49. The maximum atomic E-state index is 10.9. The first-order valence-electron chi connectivity index (χ1n) is 4.43. The van der Waals surface area contributed by atoms with Gasteiger partial charge in [0.25, 0.3) is 0 Å². The molecule has 1 aliphatic rings. The molecule has 1 aromatic carbocycles. The van der Waals surface area contributed by atoms with E-state index in [4.69, 9.17) is 23.2 Å². The number of amides is 1. The van der Waals surface area contributed by atoms with E-state index in [0.717, 1.165) is 11.4 Å². The zero-order valence-corrected chi connectivity index (χ0v) is 9.27. The van der Waals surface area contributed by atoms with Crippen molar-refractivity contribution in [2.24, 2.45) is 4.99 Å². The second-order valence-electron chi connectivity index (χ2n) is 3.23. The lowest BCUT2D eigenvalue weighted by Gasteiger charge is -1.98. The zero-order valence-electron chi connectivity index (χ0n) is 7.76. The molecule has 1 amide bonds. The molecule has 1 N–H and O–H groups in total. The Bertz CT molecular complexity index is 443. The fraction of sp³-hybridized carbons (Fsp3) is 0.200. The molecule has 0 atom stereocenters. The maximum absolute atomic E-state index is 10.9. The van der Waals surface area contributed by atoms with Crippen molar-refractivity contribution >= 4 is 40.5 Å². The number of rotatable bonds is 1. The van der Waals surface area contributed by atoms with Crippen LogP contribution in [0.4, 0.5) is 5.69 Å². The van der Waals surface area contributed by atoms with Crippen LogP contribution in [0.5, 0.6) is 0 Å². The largest absolute Gasteiger partial charge is 0.350 e. The number of carbonyl (C=O) groups is 1. The summed E-state index contributed by atoms with van der Waals surface area (Å²) < 4.78 is 0. The van der Waals surface area contributed by atoms with Crippen LogP contribution in [-0.4, -0.2) is 18.2 Å². The van der Waals surface area contributed by atoms with Crippen LogP contribution in [0.3, 0.4) is 0 Å². The minimum atomic E-state index is 0.00816. The number of hydrogen-bond donors (Lipinski definition) is 1. The number of halogens is 2.